The van der Waals surface area contributed by atoms with Crippen LogP contribution in [0.1, 0.15) is 58.8 Å². The Hall–Kier alpha value is -5.68. The number of aliphatic hydroxyl groups is 1. The highest BCUT2D eigenvalue weighted by Gasteiger charge is 2.56. The zero-order valence-electron chi connectivity index (χ0n) is 30.2. The van der Waals surface area contributed by atoms with Crippen LogP contribution < -0.4 is 0 Å². The zero-order valence-corrected chi connectivity index (χ0v) is 30.2. The Morgan fingerprint density at radius 1 is 0.527 bits per heavy atom. The molecule has 1 N–H and O–H groups in total. The van der Waals surface area contributed by atoms with Crippen molar-refractivity contribution in [2.45, 2.75) is 89.1 Å². The average Bonchev–Trinajstić information content (AvgIpc) is 3.16. The molecule has 5 rings (SSSR count). The first-order valence-corrected chi connectivity index (χ1v) is 17.2. The number of hydrogen-bond acceptors (Lipinski definition) is 16. The van der Waals surface area contributed by atoms with Crippen LogP contribution >= 0.6 is 0 Å². The van der Waals surface area contributed by atoms with E-state index in [1.807, 2.05) is 0 Å². The topological polar surface area (TPSA) is 206 Å². The lowest BCUT2D eigenvalue weighted by molar-refractivity contribution is -0.351. The highest BCUT2D eigenvalue weighted by Crippen LogP contribution is 2.35. The van der Waals surface area contributed by atoms with Crippen molar-refractivity contribution in [3.63, 3.8) is 0 Å². The molecule has 0 amide bonds. The van der Waals surface area contributed by atoms with Gasteiger partial charge in [-0.05, 0) is 43.3 Å². The summed E-state index contributed by atoms with van der Waals surface area (Å²) in [6.45, 7) is 4.12. The molecule has 0 saturated carbocycles. The number of hydrogen-bond donors (Lipinski definition) is 1. The molecule has 55 heavy (non-hydrogen) atoms. The monoisotopic (exact) mass is 764 g/mol. The van der Waals surface area contributed by atoms with Gasteiger partial charge in [0.1, 0.15) is 18.8 Å². The average molecular weight is 765 g/mol. The zero-order chi connectivity index (χ0) is 39.6. The van der Waals surface area contributed by atoms with Crippen molar-refractivity contribution in [3.05, 3.63) is 108 Å². The van der Waals surface area contributed by atoms with Gasteiger partial charge in [0.2, 0.25) is 0 Å². The Bertz CT molecular complexity index is 1800. The second kappa shape index (κ2) is 18.6. The lowest BCUT2D eigenvalue weighted by Gasteiger charge is -2.48. The van der Waals surface area contributed by atoms with Crippen LogP contribution in [0.25, 0.3) is 0 Å². The molecule has 0 unspecified atom stereocenters. The van der Waals surface area contributed by atoms with Crippen LogP contribution in [0, 0.1) is 0 Å². The molecule has 2 saturated heterocycles. The minimum atomic E-state index is -1.99. The molecule has 0 aliphatic carbocycles. The van der Waals surface area contributed by atoms with Crippen LogP contribution in [0.5, 0.6) is 0 Å². The number of ether oxygens (including phenoxy) is 9. The fourth-order valence-corrected chi connectivity index (χ4v) is 6.03. The van der Waals surface area contributed by atoms with Crippen molar-refractivity contribution < 1.29 is 76.5 Å². The molecule has 2 aliphatic heterocycles. The molecule has 3 aromatic rings. The van der Waals surface area contributed by atoms with Crippen LogP contribution in [0.4, 0.5) is 0 Å². The van der Waals surface area contributed by atoms with Gasteiger partial charge in [0.05, 0.1) is 22.8 Å². The summed E-state index contributed by atoms with van der Waals surface area (Å²) < 4.78 is 52.0. The number of benzene rings is 3. The first-order valence-electron chi connectivity index (χ1n) is 17.2. The molecule has 0 bridgehead atoms. The Kier molecular flexibility index (Phi) is 13.7. The van der Waals surface area contributed by atoms with Crippen LogP contribution in [0.3, 0.4) is 0 Å². The quantitative estimate of drug-likeness (QED) is 0.208. The van der Waals surface area contributed by atoms with Crippen LogP contribution in [-0.4, -0.2) is 109 Å². The molecule has 2 heterocycles. The van der Waals surface area contributed by atoms with Crippen LogP contribution in [0.15, 0.2) is 91.0 Å². The summed E-state index contributed by atoms with van der Waals surface area (Å²) in [7, 11) is 0. The van der Waals surface area contributed by atoms with E-state index in [4.69, 9.17) is 42.6 Å². The first kappa shape index (κ1) is 40.5. The predicted molar refractivity (Wildman–Crippen MR) is 185 cm³/mol. The Morgan fingerprint density at radius 3 is 1.44 bits per heavy atom. The Morgan fingerprint density at radius 2 is 0.945 bits per heavy atom. The van der Waals surface area contributed by atoms with E-state index >= 15 is 0 Å². The second-order valence-electron chi connectivity index (χ2n) is 12.5. The standard InChI is InChI=1S/C39H40O16/c1-21-29(49-22(2)40)31(50-23(3)41)34(51-24(4)42)39(48-21)55-30-28(20-47-35(43)25-14-8-5-9-15-25)52-38(46)33(54-37(45)27-18-12-7-13-19-27)32(30)53-36(44)26-16-10-6-11-17-26/h5-19,21,28-34,38-39,46H,20H2,1-4H3/t21-,28+,29-,30+,31+,32-,33+,34+,38-,39-/m0/s1. The maximum Gasteiger partial charge on any atom is 0.338 e. The number of carbonyl (C=O) groups is 6. The Labute approximate surface area is 315 Å². The van der Waals surface area contributed by atoms with E-state index in [2.05, 4.69) is 0 Å². The molecule has 2 aliphatic rings. The van der Waals surface area contributed by atoms with Gasteiger partial charge in [-0.2, -0.15) is 0 Å². The lowest BCUT2D eigenvalue weighted by atomic mass is 9.96. The lowest BCUT2D eigenvalue weighted by Crippen LogP contribution is -2.66. The van der Waals surface area contributed by atoms with Crippen molar-refractivity contribution in [2.75, 3.05) is 6.61 Å². The summed E-state index contributed by atoms with van der Waals surface area (Å²) >= 11 is 0. The van der Waals surface area contributed by atoms with E-state index in [9.17, 15) is 33.9 Å². The van der Waals surface area contributed by atoms with E-state index < -0.39 is 104 Å². The van der Waals surface area contributed by atoms with Gasteiger partial charge < -0.3 is 47.7 Å². The van der Waals surface area contributed by atoms with Crippen molar-refractivity contribution >= 4 is 35.8 Å². The third-order valence-electron chi connectivity index (χ3n) is 8.43. The number of aliphatic hydroxyl groups excluding tert-OH is 1. The van der Waals surface area contributed by atoms with Gasteiger partial charge in [0, 0.05) is 20.8 Å². The molecular weight excluding hydrogens is 724 g/mol. The summed E-state index contributed by atoms with van der Waals surface area (Å²) in [5, 5.41) is 11.4. The maximum atomic E-state index is 13.7. The molecule has 16 nitrogen and oxygen atoms in total. The molecular formula is C39H40O16. The molecule has 3 aromatic carbocycles. The smallest absolute Gasteiger partial charge is 0.338 e. The van der Waals surface area contributed by atoms with Gasteiger partial charge in [-0.1, -0.05) is 54.6 Å². The fourth-order valence-electron chi connectivity index (χ4n) is 6.03. The highest BCUT2D eigenvalue weighted by atomic mass is 16.8. The van der Waals surface area contributed by atoms with E-state index in [1.54, 1.807) is 54.6 Å². The van der Waals surface area contributed by atoms with Crippen molar-refractivity contribution in [1.29, 1.82) is 0 Å². The predicted octanol–water partition coefficient (Wildman–Crippen LogP) is 2.94. The SMILES string of the molecule is CC(=O)O[C@@H]1[C@@H](OC(C)=O)[C@H](C)O[C@@H](O[C@H]2[C@H](OC(=O)c3ccccc3)[C@@H](OC(=O)c3ccccc3)[C@@H](O)O[C@@H]2COC(=O)c2ccccc2)[C@@H]1OC(C)=O. The molecule has 16 heteroatoms. The van der Waals surface area contributed by atoms with Crippen molar-refractivity contribution in [3.8, 4) is 0 Å². The molecule has 0 spiro atoms. The summed E-state index contributed by atoms with van der Waals surface area (Å²) in [6.07, 6.45) is -15.8. The molecule has 0 aromatic heterocycles. The summed E-state index contributed by atoms with van der Waals surface area (Å²) in [4.78, 5) is 77.0. The second-order valence-corrected chi connectivity index (χ2v) is 12.5. The Balaban J connectivity index is 1.57. The van der Waals surface area contributed by atoms with Gasteiger partial charge in [-0.3, -0.25) is 14.4 Å². The van der Waals surface area contributed by atoms with E-state index in [-0.39, 0.29) is 16.7 Å². The summed E-state index contributed by atoms with van der Waals surface area (Å²) in [5.74, 6) is -5.11. The maximum absolute atomic E-state index is 13.7. The highest BCUT2D eigenvalue weighted by molar-refractivity contribution is 5.90. The molecule has 0 radical (unpaired) electrons. The third-order valence-corrected chi connectivity index (χ3v) is 8.43. The van der Waals surface area contributed by atoms with Gasteiger partial charge in [-0.15, -0.1) is 0 Å². The van der Waals surface area contributed by atoms with E-state index in [1.165, 1.54) is 43.3 Å². The number of carbonyl (C=O) groups excluding carboxylic acids is 6. The van der Waals surface area contributed by atoms with Gasteiger partial charge in [0.25, 0.3) is 0 Å². The van der Waals surface area contributed by atoms with Gasteiger partial charge >= 0.3 is 35.8 Å². The largest absolute Gasteiger partial charge is 0.459 e. The normalized spacial score (nSPS) is 27.4. The molecule has 292 valence electrons. The first-order chi connectivity index (χ1) is 26.3. The minimum absolute atomic E-state index is 0.0712. The summed E-state index contributed by atoms with van der Waals surface area (Å²) in [5.41, 5.74) is 0.333. The minimum Gasteiger partial charge on any atom is -0.459 e. The van der Waals surface area contributed by atoms with Gasteiger partial charge in [0.15, 0.2) is 43.1 Å². The van der Waals surface area contributed by atoms with Crippen molar-refractivity contribution in [1.82, 2.24) is 0 Å². The third kappa shape index (κ3) is 10.5. The van der Waals surface area contributed by atoms with Gasteiger partial charge in [-0.25, -0.2) is 14.4 Å². The molecule has 2 fully saturated rings. The van der Waals surface area contributed by atoms with Crippen molar-refractivity contribution in [2.24, 2.45) is 0 Å². The number of esters is 6. The fraction of sp³-hybridized carbons (Fsp3) is 0.385. The van der Waals surface area contributed by atoms with E-state index in [0.29, 0.717) is 0 Å². The van der Waals surface area contributed by atoms with Crippen LogP contribution in [-0.2, 0) is 57.0 Å². The van der Waals surface area contributed by atoms with Crippen LogP contribution in [0.2, 0.25) is 0 Å². The number of rotatable bonds is 12. The van der Waals surface area contributed by atoms with E-state index in [0.717, 1.165) is 20.8 Å². The summed E-state index contributed by atoms with van der Waals surface area (Å²) in [6, 6.07) is 23.4. The molecule has 10 atom stereocenters.